The molecule has 166 valence electrons. The molecule has 0 spiro atoms. The largest absolute Gasteiger partial charge is 0.424 e. The number of hydrogen-bond acceptors (Lipinski definition) is 5. The van der Waals surface area contributed by atoms with Gasteiger partial charge >= 0.3 is 6.01 Å². The minimum atomic E-state index is 0.324. The van der Waals surface area contributed by atoms with E-state index in [4.69, 9.17) is 4.74 Å². The van der Waals surface area contributed by atoms with Crippen molar-refractivity contribution in [2.45, 2.75) is 52.1 Å². The first-order valence-electron chi connectivity index (χ1n) is 11.5. The second kappa shape index (κ2) is 8.59. The quantitative estimate of drug-likeness (QED) is 0.367. The van der Waals surface area contributed by atoms with Gasteiger partial charge in [0.15, 0.2) is 0 Å². The highest BCUT2D eigenvalue weighted by Crippen LogP contribution is 2.43. The maximum Gasteiger partial charge on any atom is 0.322 e. The SMILES string of the molecule is Cc1ccnc(Oc2ccc3c(C#N)c(-c4ccc(NC(C)C)cc4)n(C4CCC4)c3c2)n1. The average Bonchev–Trinajstić information content (AvgIpc) is 3.06. The van der Waals surface area contributed by atoms with Crippen LogP contribution >= 0.6 is 0 Å². The Kier molecular flexibility index (Phi) is 5.47. The Morgan fingerprint density at radius 3 is 2.55 bits per heavy atom. The molecular formula is C27H27N5O. The molecular weight excluding hydrogens is 410 g/mol. The van der Waals surface area contributed by atoms with Crippen molar-refractivity contribution < 1.29 is 4.74 Å². The molecule has 6 heteroatoms. The van der Waals surface area contributed by atoms with Crippen LogP contribution in [0.15, 0.2) is 54.7 Å². The molecule has 2 aromatic heterocycles. The third kappa shape index (κ3) is 4.03. The summed E-state index contributed by atoms with van der Waals surface area (Å²) in [5, 5.41) is 14.5. The molecule has 1 fully saturated rings. The first-order valence-corrected chi connectivity index (χ1v) is 11.5. The molecule has 0 aliphatic heterocycles. The summed E-state index contributed by atoms with van der Waals surface area (Å²) in [4.78, 5) is 8.57. The molecule has 2 heterocycles. The van der Waals surface area contributed by atoms with Gasteiger partial charge in [0, 0.05) is 41.1 Å². The first kappa shape index (κ1) is 21.0. The molecule has 0 amide bonds. The van der Waals surface area contributed by atoms with Gasteiger partial charge in [0.05, 0.1) is 16.8 Å². The number of ether oxygens (including phenoxy) is 1. The van der Waals surface area contributed by atoms with Gasteiger partial charge in [-0.3, -0.25) is 0 Å². The van der Waals surface area contributed by atoms with Crippen molar-refractivity contribution in [3.05, 3.63) is 66.0 Å². The van der Waals surface area contributed by atoms with Crippen LogP contribution in [0.2, 0.25) is 0 Å². The predicted octanol–water partition coefficient (Wildman–Crippen LogP) is 6.62. The molecule has 1 N–H and O–H groups in total. The molecule has 1 aliphatic rings. The van der Waals surface area contributed by atoms with Crippen LogP contribution in [0.4, 0.5) is 5.69 Å². The standard InChI is InChI=1S/C27H27N5O/c1-17(2)30-20-9-7-19(8-10-20)26-24(16-28)23-12-11-22(33-27-29-14-13-18(3)31-27)15-25(23)32(26)21-5-4-6-21/h7-15,17,21,30H,4-6H2,1-3H3. The van der Waals surface area contributed by atoms with Crippen LogP contribution in [0.5, 0.6) is 11.8 Å². The molecule has 0 saturated heterocycles. The molecule has 2 aromatic carbocycles. The number of benzene rings is 2. The summed E-state index contributed by atoms with van der Waals surface area (Å²) >= 11 is 0. The van der Waals surface area contributed by atoms with Gasteiger partial charge in [0.1, 0.15) is 11.8 Å². The Hall–Kier alpha value is -3.85. The van der Waals surface area contributed by atoms with Crippen LogP contribution in [-0.4, -0.2) is 20.6 Å². The third-order valence-corrected chi connectivity index (χ3v) is 6.12. The lowest BCUT2D eigenvalue weighted by molar-refractivity contribution is 0.324. The lowest BCUT2D eigenvalue weighted by atomic mass is 9.92. The topological polar surface area (TPSA) is 75.8 Å². The van der Waals surface area contributed by atoms with Crippen molar-refractivity contribution in [3.8, 4) is 29.1 Å². The van der Waals surface area contributed by atoms with Crippen molar-refractivity contribution in [2.75, 3.05) is 5.32 Å². The smallest absolute Gasteiger partial charge is 0.322 e. The van der Waals surface area contributed by atoms with Crippen molar-refractivity contribution in [2.24, 2.45) is 0 Å². The zero-order valence-corrected chi connectivity index (χ0v) is 19.2. The van der Waals surface area contributed by atoms with Gasteiger partial charge in [-0.05, 0) is 75.9 Å². The second-order valence-electron chi connectivity index (χ2n) is 8.93. The van der Waals surface area contributed by atoms with E-state index in [1.54, 1.807) is 6.20 Å². The highest BCUT2D eigenvalue weighted by atomic mass is 16.5. The molecule has 0 unspecified atom stereocenters. The minimum Gasteiger partial charge on any atom is -0.424 e. The lowest BCUT2D eigenvalue weighted by Gasteiger charge is -2.30. The summed E-state index contributed by atoms with van der Waals surface area (Å²) < 4.78 is 8.31. The normalized spacial score (nSPS) is 13.7. The van der Waals surface area contributed by atoms with E-state index in [1.165, 1.54) is 6.42 Å². The number of aromatic nitrogens is 3. The Bertz CT molecular complexity index is 1340. The molecule has 0 atom stereocenters. The summed E-state index contributed by atoms with van der Waals surface area (Å²) in [7, 11) is 0. The molecule has 33 heavy (non-hydrogen) atoms. The molecule has 0 radical (unpaired) electrons. The van der Waals surface area contributed by atoms with Crippen molar-refractivity contribution >= 4 is 16.6 Å². The van der Waals surface area contributed by atoms with Crippen molar-refractivity contribution in [1.82, 2.24) is 14.5 Å². The van der Waals surface area contributed by atoms with Gasteiger partial charge in [-0.15, -0.1) is 0 Å². The van der Waals surface area contributed by atoms with E-state index in [0.717, 1.165) is 46.4 Å². The lowest BCUT2D eigenvalue weighted by Crippen LogP contribution is -2.17. The molecule has 5 rings (SSSR count). The Labute approximate surface area is 193 Å². The zero-order valence-electron chi connectivity index (χ0n) is 19.2. The maximum atomic E-state index is 10.1. The van der Waals surface area contributed by atoms with E-state index in [2.05, 4.69) is 64.0 Å². The number of hydrogen-bond donors (Lipinski definition) is 1. The van der Waals surface area contributed by atoms with Gasteiger partial charge < -0.3 is 14.6 Å². The summed E-state index contributed by atoms with van der Waals surface area (Å²) in [5.41, 5.74) is 5.68. The molecule has 0 bridgehead atoms. The fraction of sp³-hybridized carbons (Fsp3) is 0.296. The molecule has 6 nitrogen and oxygen atoms in total. The third-order valence-electron chi connectivity index (χ3n) is 6.12. The van der Waals surface area contributed by atoms with Gasteiger partial charge in [-0.2, -0.15) is 5.26 Å². The molecule has 1 saturated carbocycles. The van der Waals surface area contributed by atoms with Crippen molar-refractivity contribution in [1.29, 1.82) is 5.26 Å². The zero-order chi connectivity index (χ0) is 22.9. The maximum absolute atomic E-state index is 10.1. The van der Waals surface area contributed by atoms with Crippen LogP contribution < -0.4 is 10.1 Å². The highest BCUT2D eigenvalue weighted by molar-refractivity contribution is 5.95. The van der Waals surface area contributed by atoms with Crippen LogP contribution in [0, 0.1) is 18.3 Å². The van der Waals surface area contributed by atoms with E-state index >= 15 is 0 Å². The summed E-state index contributed by atoms with van der Waals surface area (Å²) in [6.45, 7) is 6.15. The number of nitrogens with zero attached hydrogens (tertiary/aromatic N) is 4. The fourth-order valence-electron chi connectivity index (χ4n) is 4.41. The summed E-state index contributed by atoms with van der Waals surface area (Å²) in [5.74, 6) is 0.665. The second-order valence-corrected chi connectivity index (χ2v) is 8.93. The number of nitrogens with one attached hydrogen (secondary N) is 1. The average molecular weight is 438 g/mol. The van der Waals surface area contributed by atoms with Gasteiger partial charge in [0.2, 0.25) is 0 Å². The number of aryl methyl sites for hydroxylation is 1. The monoisotopic (exact) mass is 437 g/mol. The Morgan fingerprint density at radius 2 is 1.91 bits per heavy atom. The number of anilines is 1. The number of fused-ring (bicyclic) bond motifs is 1. The van der Waals surface area contributed by atoms with Crippen LogP contribution in [0.3, 0.4) is 0 Å². The van der Waals surface area contributed by atoms with Crippen LogP contribution in [0.25, 0.3) is 22.2 Å². The Balaban J connectivity index is 1.63. The summed E-state index contributed by atoms with van der Waals surface area (Å²) in [6, 6.07) is 19.6. The molecule has 4 aromatic rings. The van der Waals surface area contributed by atoms with E-state index < -0.39 is 0 Å². The predicted molar refractivity (Wildman–Crippen MR) is 131 cm³/mol. The van der Waals surface area contributed by atoms with E-state index in [-0.39, 0.29) is 0 Å². The van der Waals surface area contributed by atoms with Crippen molar-refractivity contribution in [3.63, 3.8) is 0 Å². The van der Waals surface area contributed by atoms with Gasteiger partial charge in [-0.25, -0.2) is 9.97 Å². The minimum absolute atomic E-state index is 0.324. The van der Waals surface area contributed by atoms with E-state index in [9.17, 15) is 5.26 Å². The molecule has 1 aliphatic carbocycles. The van der Waals surface area contributed by atoms with E-state index in [0.29, 0.717) is 29.4 Å². The summed E-state index contributed by atoms with van der Waals surface area (Å²) in [6.07, 6.45) is 5.12. The van der Waals surface area contributed by atoms with Crippen LogP contribution in [0.1, 0.15) is 50.4 Å². The van der Waals surface area contributed by atoms with Crippen LogP contribution in [-0.2, 0) is 0 Å². The van der Waals surface area contributed by atoms with Gasteiger partial charge in [0.25, 0.3) is 0 Å². The first-order chi connectivity index (χ1) is 16.0. The number of nitriles is 1. The van der Waals surface area contributed by atoms with E-state index in [1.807, 2.05) is 31.2 Å². The number of rotatable bonds is 6. The highest BCUT2D eigenvalue weighted by Gasteiger charge is 2.28. The van der Waals surface area contributed by atoms with Gasteiger partial charge in [-0.1, -0.05) is 12.1 Å². The fourth-order valence-corrected chi connectivity index (χ4v) is 4.41. The Morgan fingerprint density at radius 1 is 1.12 bits per heavy atom.